The van der Waals surface area contributed by atoms with Crippen molar-refractivity contribution in [2.45, 2.75) is 38.1 Å². The fourth-order valence-corrected chi connectivity index (χ4v) is 3.62. The molecule has 2 atom stereocenters. The minimum absolute atomic E-state index is 0.0265. The van der Waals surface area contributed by atoms with E-state index in [1.54, 1.807) is 6.92 Å². The molecule has 2 aliphatic rings. The fourth-order valence-electron chi connectivity index (χ4n) is 3.62. The number of aromatic nitrogens is 4. The Labute approximate surface area is 128 Å². The van der Waals surface area contributed by atoms with Gasteiger partial charge < -0.3 is 10.4 Å². The number of allylic oxidation sites excluding steroid dienone is 1. The number of nitrogens with zero attached hydrogens (tertiary/aromatic N) is 5. The van der Waals surface area contributed by atoms with Gasteiger partial charge in [-0.15, -0.1) is 0 Å². The Balaban J connectivity index is 2.12. The van der Waals surface area contributed by atoms with Crippen LogP contribution in [-0.2, 0) is 5.54 Å². The van der Waals surface area contributed by atoms with Gasteiger partial charge in [0.25, 0.3) is 11.4 Å². The van der Waals surface area contributed by atoms with Gasteiger partial charge in [0.15, 0.2) is 0 Å². The summed E-state index contributed by atoms with van der Waals surface area (Å²) < 4.78 is 9.15. The van der Waals surface area contributed by atoms with Gasteiger partial charge in [-0.2, -0.15) is 0 Å². The molecule has 2 heterocycles. The smallest absolute Gasteiger partial charge is 0.307 e. The second-order valence-corrected chi connectivity index (χ2v) is 5.97. The van der Waals surface area contributed by atoms with Gasteiger partial charge in [0.1, 0.15) is 5.92 Å². The molecule has 0 saturated heterocycles. The normalized spacial score (nSPS) is 25.7. The zero-order valence-electron chi connectivity index (χ0n) is 12.2. The number of hydrogen-bond donors (Lipinski definition) is 0. The molecule has 120 valence electrons. The van der Waals surface area contributed by atoms with Gasteiger partial charge in [-0.05, 0) is 30.1 Å². The third-order valence-corrected chi connectivity index (χ3v) is 4.90. The lowest BCUT2D eigenvalue weighted by Crippen LogP contribution is -2.51. The molecule has 2 aromatic rings. The Morgan fingerprint density at radius 1 is 1.22 bits per heavy atom. The molecule has 2 aliphatic carbocycles. The molecule has 23 heavy (non-hydrogen) atoms. The lowest BCUT2D eigenvalue weighted by Gasteiger charge is -2.34. The molecule has 11 heteroatoms. The van der Waals surface area contributed by atoms with E-state index in [-0.39, 0.29) is 45.4 Å². The van der Waals surface area contributed by atoms with Gasteiger partial charge in [-0.1, -0.05) is 11.1 Å². The maximum Gasteiger partial charge on any atom is 0.307 e. The summed E-state index contributed by atoms with van der Waals surface area (Å²) in [6, 6.07) is 0. The van der Waals surface area contributed by atoms with Crippen LogP contribution in [0, 0.1) is 20.5 Å². The van der Waals surface area contributed by atoms with Crippen molar-refractivity contribution in [3.63, 3.8) is 0 Å². The number of nitro groups is 1. The highest BCUT2D eigenvalue weighted by Gasteiger charge is 2.68. The average Bonchev–Trinajstić information content (AvgIpc) is 3.05. The monoisotopic (exact) mass is 321 g/mol. The average molecular weight is 321 g/mol. The summed E-state index contributed by atoms with van der Waals surface area (Å²) in [5.74, 6) is -0.836. The van der Waals surface area contributed by atoms with E-state index in [2.05, 4.69) is 19.6 Å². The summed E-state index contributed by atoms with van der Waals surface area (Å²) in [6.07, 6.45) is 0.301. The lowest BCUT2D eigenvalue weighted by atomic mass is 9.64. The molecule has 2 aromatic heterocycles. The zero-order valence-corrected chi connectivity index (χ0v) is 12.2. The van der Waals surface area contributed by atoms with E-state index in [9.17, 15) is 20.5 Å². The summed E-state index contributed by atoms with van der Waals surface area (Å²) in [6.45, 7) is 3.64. The molecule has 0 N–H and O–H groups in total. The molecule has 0 radical (unpaired) electrons. The van der Waals surface area contributed by atoms with Crippen LogP contribution in [0.2, 0.25) is 0 Å². The Morgan fingerprint density at radius 3 is 2.61 bits per heavy atom. The summed E-state index contributed by atoms with van der Waals surface area (Å²) in [7, 11) is 0. The van der Waals surface area contributed by atoms with Crippen molar-refractivity contribution in [1.82, 2.24) is 10.3 Å². The van der Waals surface area contributed by atoms with Gasteiger partial charge in [-0.3, -0.25) is 19.4 Å². The van der Waals surface area contributed by atoms with Crippen molar-refractivity contribution < 1.29 is 24.0 Å². The molecular weight excluding hydrogens is 310 g/mol. The van der Waals surface area contributed by atoms with Gasteiger partial charge in [0.05, 0.1) is 5.16 Å². The van der Waals surface area contributed by atoms with Crippen LogP contribution in [0.1, 0.15) is 44.0 Å². The minimum atomic E-state index is -1.75. The van der Waals surface area contributed by atoms with Crippen molar-refractivity contribution in [3.8, 4) is 11.4 Å². The van der Waals surface area contributed by atoms with E-state index >= 15 is 0 Å². The van der Waals surface area contributed by atoms with E-state index in [4.69, 9.17) is 0 Å². The predicted molar refractivity (Wildman–Crippen MR) is 68.9 cm³/mol. The Kier molecular flexibility index (Phi) is 2.41. The molecule has 0 aliphatic heterocycles. The third kappa shape index (κ3) is 1.43. The van der Waals surface area contributed by atoms with Crippen molar-refractivity contribution in [2.24, 2.45) is 0 Å². The molecule has 0 spiro atoms. The molecule has 0 aromatic carbocycles. The van der Waals surface area contributed by atoms with E-state index in [1.807, 2.05) is 6.92 Å². The predicted octanol–water partition coefficient (Wildman–Crippen LogP) is 0.296. The maximum atomic E-state index is 12.0. The van der Waals surface area contributed by atoms with Gasteiger partial charge in [-0.25, -0.2) is 0 Å². The van der Waals surface area contributed by atoms with Gasteiger partial charge >= 0.3 is 11.2 Å². The van der Waals surface area contributed by atoms with Gasteiger partial charge in [0, 0.05) is 16.5 Å². The van der Waals surface area contributed by atoms with Gasteiger partial charge in [0.2, 0.25) is 5.69 Å². The molecule has 0 saturated carbocycles. The summed E-state index contributed by atoms with van der Waals surface area (Å²) >= 11 is 0. The molecule has 11 nitrogen and oxygen atoms in total. The topological polar surface area (TPSA) is 149 Å². The molecule has 4 rings (SSSR count). The molecular formula is C12H11N5O6. The van der Waals surface area contributed by atoms with Crippen molar-refractivity contribution in [2.75, 3.05) is 0 Å². The third-order valence-electron chi connectivity index (χ3n) is 4.90. The van der Waals surface area contributed by atoms with E-state index < -0.39 is 16.4 Å². The van der Waals surface area contributed by atoms with Crippen LogP contribution < -0.4 is 9.81 Å². The SMILES string of the molecule is CC1=C(C)C[C@]2([N+](=O)[O-])c3no[n+]([O-])c3-c3no[n+]([O-])c3[C@@H]2C1. The van der Waals surface area contributed by atoms with Crippen LogP contribution in [0.15, 0.2) is 20.4 Å². The van der Waals surface area contributed by atoms with E-state index in [0.717, 1.165) is 11.1 Å². The Hall–Kier alpha value is -2.98. The summed E-state index contributed by atoms with van der Waals surface area (Å²) in [5, 5.41) is 43.1. The first-order valence-electron chi connectivity index (χ1n) is 6.87. The first kappa shape index (κ1) is 13.7. The maximum absolute atomic E-state index is 12.0. The standard InChI is InChI=1S/C12H11N5O6/c1-5-3-7-9-8(13-22-15(9)18)10-11(14-23-16(10)19)12(7,17(20)21)4-6(5)2/h7H,3-4H2,1-2H3/t7-,12+/m0/s1. The van der Waals surface area contributed by atoms with E-state index in [1.165, 1.54) is 0 Å². The zero-order chi connectivity index (χ0) is 16.5. The van der Waals surface area contributed by atoms with Crippen LogP contribution in [0.5, 0.6) is 0 Å². The van der Waals surface area contributed by atoms with E-state index in [0.29, 0.717) is 0 Å². The summed E-state index contributed by atoms with van der Waals surface area (Å²) in [5.41, 5.74) is -0.421. The lowest BCUT2D eigenvalue weighted by molar-refractivity contribution is -0.811. The Bertz CT molecular complexity index is 883. The second kappa shape index (κ2) is 4.06. The largest absolute Gasteiger partial charge is 0.359 e. The minimum Gasteiger partial charge on any atom is -0.359 e. The molecule has 0 fully saturated rings. The highest BCUT2D eigenvalue weighted by atomic mass is 16.8. The highest BCUT2D eigenvalue weighted by molar-refractivity contribution is 5.62. The van der Waals surface area contributed by atoms with Crippen molar-refractivity contribution in [3.05, 3.63) is 43.1 Å². The molecule has 0 bridgehead atoms. The number of rotatable bonds is 1. The molecule has 0 unspecified atom stereocenters. The Morgan fingerprint density at radius 2 is 1.91 bits per heavy atom. The quantitative estimate of drug-likeness (QED) is 0.315. The first-order chi connectivity index (χ1) is 10.9. The van der Waals surface area contributed by atoms with Crippen LogP contribution in [0.4, 0.5) is 0 Å². The number of fused-ring (bicyclic) bond motifs is 6. The van der Waals surface area contributed by atoms with Crippen LogP contribution in [0.3, 0.4) is 0 Å². The number of hydrogen-bond acceptors (Lipinski definition) is 8. The molecule has 0 amide bonds. The van der Waals surface area contributed by atoms with Crippen LogP contribution in [-0.4, -0.2) is 15.2 Å². The fraction of sp³-hybridized carbons (Fsp3) is 0.500. The highest BCUT2D eigenvalue weighted by Crippen LogP contribution is 2.55. The van der Waals surface area contributed by atoms with Crippen molar-refractivity contribution in [1.29, 1.82) is 0 Å². The first-order valence-corrected chi connectivity index (χ1v) is 6.87. The van der Waals surface area contributed by atoms with Crippen LogP contribution >= 0.6 is 0 Å². The summed E-state index contributed by atoms with van der Waals surface area (Å²) in [4.78, 5) is 11.7. The van der Waals surface area contributed by atoms with Crippen molar-refractivity contribution >= 4 is 0 Å². The van der Waals surface area contributed by atoms with Crippen LogP contribution in [0.25, 0.3) is 11.4 Å². The second-order valence-electron chi connectivity index (χ2n) is 5.97.